The van der Waals surface area contributed by atoms with E-state index in [4.69, 9.17) is 0 Å². The zero-order valence-corrected chi connectivity index (χ0v) is 12.5. The summed E-state index contributed by atoms with van der Waals surface area (Å²) in [6.07, 6.45) is 6.65. The van der Waals surface area contributed by atoms with Gasteiger partial charge in [-0.2, -0.15) is 0 Å². The predicted molar refractivity (Wildman–Crippen MR) is 83.6 cm³/mol. The molecule has 0 radical (unpaired) electrons. The van der Waals surface area contributed by atoms with E-state index in [1.54, 1.807) is 6.20 Å². The lowest BCUT2D eigenvalue weighted by Crippen LogP contribution is -2.33. The zero-order valence-electron chi connectivity index (χ0n) is 12.5. The van der Waals surface area contributed by atoms with E-state index in [0.717, 1.165) is 18.5 Å². The number of hydrogen-bond acceptors (Lipinski definition) is 3. The number of amides is 1. The molecule has 1 aliphatic carbocycles. The topological polar surface area (TPSA) is 67.2 Å². The number of nitrogens with zero attached hydrogens (tertiary/aromatic N) is 2. The highest BCUT2D eigenvalue weighted by molar-refractivity contribution is 5.92. The van der Waals surface area contributed by atoms with Crippen molar-refractivity contribution in [3.63, 3.8) is 0 Å². The molecule has 0 bridgehead atoms. The Morgan fingerprint density at radius 2 is 2.23 bits per heavy atom. The minimum Gasteiger partial charge on any atom is -0.396 e. The average Bonchev–Trinajstić information content (AvgIpc) is 3.28. The summed E-state index contributed by atoms with van der Waals surface area (Å²) in [7, 11) is 0. The molecule has 116 valence electrons. The molecule has 3 rings (SSSR count). The van der Waals surface area contributed by atoms with Crippen molar-refractivity contribution in [3.05, 3.63) is 54.1 Å². The lowest BCUT2D eigenvalue weighted by atomic mass is 10.0. The van der Waals surface area contributed by atoms with Crippen molar-refractivity contribution < 1.29 is 9.90 Å². The zero-order chi connectivity index (χ0) is 15.4. The second-order valence-electron chi connectivity index (χ2n) is 5.82. The highest BCUT2D eigenvalue weighted by Crippen LogP contribution is 2.35. The third-order valence-corrected chi connectivity index (χ3v) is 3.99. The fraction of sp³-hybridized carbons (Fsp3) is 0.412. The van der Waals surface area contributed by atoms with Crippen molar-refractivity contribution in [2.24, 2.45) is 5.92 Å². The van der Waals surface area contributed by atoms with Gasteiger partial charge in [-0.1, -0.05) is 6.07 Å². The molecule has 22 heavy (non-hydrogen) atoms. The summed E-state index contributed by atoms with van der Waals surface area (Å²) in [5.41, 5.74) is 1.63. The van der Waals surface area contributed by atoms with Crippen LogP contribution in [0.15, 0.2) is 42.7 Å². The first kappa shape index (κ1) is 14.8. The van der Waals surface area contributed by atoms with Gasteiger partial charge in [-0.25, -0.2) is 0 Å². The van der Waals surface area contributed by atoms with Gasteiger partial charge in [-0.3, -0.25) is 9.78 Å². The molecule has 0 spiro atoms. The van der Waals surface area contributed by atoms with Crippen LogP contribution in [0, 0.1) is 5.92 Å². The number of pyridine rings is 1. The molecule has 2 aromatic heterocycles. The van der Waals surface area contributed by atoms with Crippen LogP contribution in [0.5, 0.6) is 0 Å². The van der Waals surface area contributed by atoms with Crippen molar-refractivity contribution in [1.82, 2.24) is 14.9 Å². The second kappa shape index (κ2) is 6.75. The molecule has 1 aliphatic rings. The van der Waals surface area contributed by atoms with Crippen LogP contribution in [0.3, 0.4) is 0 Å². The van der Waals surface area contributed by atoms with Crippen LogP contribution >= 0.6 is 0 Å². The summed E-state index contributed by atoms with van der Waals surface area (Å²) in [5.74, 6) is -0.0976. The number of aliphatic hydroxyl groups excluding tert-OH is 1. The van der Waals surface area contributed by atoms with Gasteiger partial charge in [0.1, 0.15) is 5.69 Å². The largest absolute Gasteiger partial charge is 0.396 e. The smallest absolute Gasteiger partial charge is 0.267 e. The molecule has 1 fully saturated rings. The van der Waals surface area contributed by atoms with Gasteiger partial charge in [0.15, 0.2) is 0 Å². The summed E-state index contributed by atoms with van der Waals surface area (Å²) in [6, 6.07) is 9.97. The lowest BCUT2D eigenvalue weighted by molar-refractivity contribution is 0.0930. The highest BCUT2D eigenvalue weighted by atomic mass is 16.3. The standard InChI is InChI=1S/C17H21N3O2/c21-12-13(10-14-4-1-2-8-18-14)11-19-17(22)16-5-3-9-20(16)15-6-7-15/h1-5,8-9,13,15,21H,6-7,10-12H2,(H,19,22). The molecule has 2 N–H and O–H groups in total. The van der Waals surface area contributed by atoms with Crippen LogP contribution in [0.1, 0.15) is 35.1 Å². The Morgan fingerprint density at radius 1 is 1.36 bits per heavy atom. The van der Waals surface area contributed by atoms with Crippen LogP contribution < -0.4 is 5.32 Å². The van der Waals surface area contributed by atoms with E-state index in [9.17, 15) is 9.90 Å². The monoisotopic (exact) mass is 299 g/mol. The quantitative estimate of drug-likeness (QED) is 0.819. The summed E-state index contributed by atoms with van der Waals surface area (Å²) < 4.78 is 2.04. The maximum absolute atomic E-state index is 12.3. The molecule has 0 saturated heterocycles. The van der Waals surface area contributed by atoms with Gasteiger partial charge in [0.2, 0.25) is 0 Å². The molecule has 5 nitrogen and oxygen atoms in total. The second-order valence-corrected chi connectivity index (χ2v) is 5.82. The molecule has 1 amide bonds. The van der Waals surface area contributed by atoms with E-state index in [1.807, 2.05) is 41.1 Å². The molecule has 0 aromatic carbocycles. The summed E-state index contributed by atoms with van der Waals surface area (Å²) in [4.78, 5) is 16.6. The van der Waals surface area contributed by atoms with E-state index in [0.29, 0.717) is 24.7 Å². The Labute approximate surface area is 130 Å². The predicted octanol–water partition coefficient (Wildman–Crippen LogP) is 1.80. The number of aliphatic hydroxyl groups is 1. The van der Waals surface area contributed by atoms with Crippen LogP contribution in [-0.4, -0.2) is 33.7 Å². The SMILES string of the molecule is O=C(NCC(CO)Cc1ccccn1)c1cccn1C1CC1. The molecular weight excluding hydrogens is 278 g/mol. The van der Waals surface area contributed by atoms with Gasteiger partial charge in [-0.15, -0.1) is 0 Å². The van der Waals surface area contributed by atoms with Gasteiger partial charge >= 0.3 is 0 Å². The van der Waals surface area contributed by atoms with Gasteiger partial charge < -0.3 is 15.0 Å². The lowest BCUT2D eigenvalue weighted by Gasteiger charge is -2.15. The molecule has 5 heteroatoms. The minimum absolute atomic E-state index is 0.0248. The number of carbonyl (C=O) groups is 1. The Hall–Kier alpha value is -2.14. The summed E-state index contributed by atoms with van der Waals surface area (Å²) in [5, 5.41) is 12.4. The number of carbonyl (C=O) groups excluding carboxylic acids is 1. The number of aromatic nitrogens is 2. The van der Waals surface area contributed by atoms with Crippen molar-refractivity contribution >= 4 is 5.91 Å². The Bertz CT molecular complexity index is 620. The average molecular weight is 299 g/mol. The van der Waals surface area contributed by atoms with Crippen molar-refractivity contribution in [3.8, 4) is 0 Å². The normalized spacial score (nSPS) is 15.5. The third kappa shape index (κ3) is 3.54. The first-order chi connectivity index (χ1) is 10.8. The van der Waals surface area contributed by atoms with Crippen LogP contribution in [0.25, 0.3) is 0 Å². The molecule has 1 unspecified atom stereocenters. The maximum atomic E-state index is 12.3. The molecule has 2 aromatic rings. The number of nitrogens with one attached hydrogen (secondary N) is 1. The summed E-state index contributed by atoms with van der Waals surface area (Å²) >= 11 is 0. The summed E-state index contributed by atoms with van der Waals surface area (Å²) in [6.45, 7) is 0.474. The number of rotatable bonds is 7. The number of hydrogen-bond donors (Lipinski definition) is 2. The molecular formula is C17H21N3O2. The van der Waals surface area contributed by atoms with E-state index in [-0.39, 0.29) is 18.4 Å². The fourth-order valence-corrected chi connectivity index (χ4v) is 2.60. The van der Waals surface area contributed by atoms with E-state index in [1.165, 1.54) is 0 Å². The Balaban J connectivity index is 1.56. The third-order valence-electron chi connectivity index (χ3n) is 3.99. The Kier molecular flexibility index (Phi) is 4.53. The van der Waals surface area contributed by atoms with Crippen LogP contribution in [-0.2, 0) is 6.42 Å². The minimum atomic E-state index is -0.0728. The van der Waals surface area contributed by atoms with Gasteiger partial charge in [0, 0.05) is 43.2 Å². The maximum Gasteiger partial charge on any atom is 0.267 e. The van der Waals surface area contributed by atoms with Gasteiger partial charge in [-0.05, 0) is 43.5 Å². The molecule has 1 atom stereocenters. The van der Waals surface area contributed by atoms with E-state index >= 15 is 0 Å². The van der Waals surface area contributed by atoms with Crippen LogP contribution in [0.4, 0.5) is 0 Å². The first-order valence-corrected chi connectivity index (χ1v) is 7.73. The van der Waals surface area contributed by atoms with Crippen molar-refractivity contribution in [1.29, 1.82) is 0 Å². The molecule has 2 heterocycles. The Morgan fingerprint density at radius 3 is 2.91 bits per heavy atom. The molecule has 0 aliphatic heterocycles. The molecule has 1 saturated carbocycles. The first-order valence-electron chi connectivity index (χ1n) is 7.73. The van der Waals surface area contributed by atoms with Gasteiger partial charge in [0.25, 0.3) is 5.91 Å². The van der Waals surface area contributed by atoms with E-state index < -0.39 is 0 Å². The highest BCUT2D eigenvalue weighted by Gasteiger charge is 2.26. The van der Waals surface area contributed by atoms with Gasteiger partial charge in [0.05, 0.1) is 0 Å². The fourth-order valence-electron chi connectivity index (χ4n) is 2.60. The van der Waals surface area contributed by atoms with Crippen molar-refractivity contribution in [2.45, 2.75) is 25.3 Å². The van der Waals surface area contributed by atoms with E-state index in [2.05, 4.69) is 10.3 Å². The van der Waals surface area contributed by atoms with Crippen LogP contribution in [0.2, 0.25) is 0 Å². The van der Waals surface area contributed by atoms with Crippen molar-refractivity contribution in [2.75, 3.05) is 13.2 Å².